The molecule has 2 rings (SSSR count). The molecule has 7 nitrogen and oxygen atoms in total. The van der Waals surface area contributed by atoms with E-state index in [4.69, 9.17) is 21.1 Å². The molecule has 18 heavy (non-hydrogen) atoms. The zero-order valence-electron chi connectivity index (χ0n) is 9.76. The van der Waals surface area contributed by atoms with Gasteiger partial charge in [0.1, 0.15) is 19.6 Å². The van der Waals surface area contributed by atoms with Crippen LogP contribution >= 0.6 is 11.6 Å². The van der Waals surface area contributed by atoms with Crippen molar-refractivity contribution in [2.45, 2.75) is 0 Å². The minimum absolute atomic E-state index is 0.0761. The van der Waals surface area contributed by atoms with Gasteiger partial charge in [0.2, 0.25) is 11.0 Å². The summed E-state index contributed by atoms with van der Waals surface area (Å²) >= 11 is 5.78. The summed E-state index contributed by atoms with van der Waals surface area (Å²) in [6, 6.07) is 0. The molecule has 1 N–H and O–H groups in total. The molecule has 1 aromatic heterocycles. The zero-order valence-corrected chi connectivity index (χ0v) is 10.5. The van der Waals surface area contributed by atoms with Gasteiger partial charge in [0.05, 0.1) is 0 Å². The first-order valence-corrected chi connectivity index (χ1v) is 5.56. The molecule has 0 atom stereocenters. The van der Waals surface area contributed by atoms with Gasteiger partial charge in [0.25, 0.3) is 5.88 Å². The molecule has 8 heteroatoms. The van der Waals surface area contributed by atoms with Crippen LogP contribution in [0.25, 0.3) is 0 Å². The van der Waals surface area contributed by atoms with Gasteiger partial charge in [-0.3, -0.25) is 5.01 Å². The molecule has 1 aliphatic rings. The van der Waals surface area contributed by atoms with Gasteiger partial charge in [0.15, 0.2) is 5.82 Å². The lowest BCUT2D eigenvalue weighted by molar-refractivity contribution is 0.164. The lowest BCUT2D eigenvalue weighted by Crippen LogP contribution is -2.18. The first kappa shape index (κ1) is 12.4. The van der Waals surface area contributed by atoms with Crippen molar-refractivity contribution in [1.82, 2.24) is 15.0 Å². The fraction of sp³-hybridized carbons (Fsp3) is 0.300. The van der Waals surface area contributed by atoms with Crippen LogP contribution in [0.5, 0.6) is 11.6 Å². The van der Waals surface area contributed by atoms with E-state index in [9.17, 15) is 0 Å². The molecule has 1 aliphatic heterocycles. The second kappa shape index (κ2) is 5.54. The molecule has 0 saturated carbocycles. The maximum Gasteiger partial charge on any atom is 0.264 e. The zero-order chi connectivity index (χ0) is 13.0. The van der Waals surface area contributed by atoms with Crippen LogP contribution in [-0.4, -0.2) is 41.6 Å². The summed E-state index contributed by atoms with van der Waals surface area (Å²) < 4.78 is 10.7. The van der Waals surface area contributed by atoms with Crippen molar-refractivity contribution in [1.29, 1.82) is 0 Å². The van der Waals surface area contributed by atoms with Gasteiger partial charge in [-0.2, -0.15) is 15.1 Å². The molecule has 0 saturated heterocycles. The maximum absolute atomic E-state index is 5.78. The molecule has 0 radical (unpaired) electrons. The minimum atomic E-state index is 0.0761. The van der Waals surface area contributed by atoms with E-state index in [1.165, 1.54) is 11.3 Å². The number of nitrogens with one attached hydrogen (secondary N) is 1. The van der Waals surface area contributed by atoms with Crippen molar-refractivity contribution >= 4 is 23.8 Å². The summed E-state index contributed by atoms with van der Waals surface area (Å²) in [6.45, 7) is 4.44. The SMILES string of the molecule is C=CN(C)/N=C\Nc1nc(Cl)nc2c1OCCO2. The van der Waals surface area contributed by atoms with Gasteiger partial charge in [-0.05, 0) is 11.6 Å². The standard InChI is InChI=1S/C10H12ClN5O2/c1-3-16(2)13-6-12-8-7-9(15-10(11)14-8)18-5-4-17-7/h3,6H,1,4-5H2,2H3,(H,12,13,14,15). The van der Waals surface area contributed by atoms with Gasteiger partial charge in [-0.25, -0.2) is 0 Å². The van der Waals surface area contributed by atoms with E-state index in [2.05, 4.69) is 27.0 Å². The molecule has 0 aromatic carbocycles. The average molecular weight is 270 g/mol. The Kier molecular flexibility index (Phi) is 3.83. The molecule has 1 aromatic rings. The second-order valence-corrected chi connectivity index (χ2v) is 3.66. The number of hydrogen-bond acceptors (Lipinski definition) is 6. The Labute approximate surface area is 109 Å². The third-order valence-electron chi connectivity index (χ3n) is 2.08. The third-order valence-corrected chi connectivity index (χ3v) is 2.25. The normalized spacial score (nSPS) is 13.4. The van der Waals surface area contributed by atoms with Crippen molar-refractivity contribution in [2.24, 2.45) is 5.10 Å². The van der Waals surface area contributed by atoms with E-state index >= 15 is 0 Å². The maximum atomic E-state index is 5.78. The van der Waals surface area contributed by atoms with Crippen LogP contribution in [0, 0.1) is 0 Å². The number of fused-ring (bicyclic) bond motifs is 1. The highest BCUT2D eigenvalue weighted by Gasteiger charge is 2.20. The molecule has 0 amide bonds. The summed E-state index contributed by atoms with van der Waals surface area (Å²) in [5.41, 5.74) is 0. The van der Waals surface area contributed by atoms with E-state index in [0.29, 0.717) is 30.7 Å². The highest BCUT2D eigenvalue weighted by atomic mass is 35.5. The molecule has 0 aliphatic carbocycles. The summed E-state index contributed by atoms with van der Waals surface area (Å²) in [5, 5.41) is 8.46. The van der Waals surface area contributed by atoms with Gasteiger partial charge in [0, 0.05) is 13.2 Å². The van der Waals surface area contributed by atoms with Gasteiger partial charge in [-0.15, -0.1) is 0 Å². The number of hydrogen-bond donors (Lipinski definition) is 1. The lowest BCUT2D eigenvalue weighted by Gasteiger charge is -2.19. The van der Waals surface area contributed by atoms with Crippen LogP contribution < -0.4 is 14.8 Å². The third kappa shape index (κ3) is 2.80. The highest BCUT2D eigenvalue weighted by molar-refractivity contribution is 6.28. The Morgan fingerprint density at radius 1 is 1.44 bits per heavy atom. The predicted octanol–water partition coefficient (Wildman–Crippen LogP) is 1.33. The number of nitrogens with zero attached hydrogens (tertiary/aromatic N) is 4. The summed E-state index contributed by atoms with van der Waals surface area (Å²) in [6.07, 6.45) is 3.00. The van der Waals surface area contributed by atoms with E-state index in [0.717, 1.165) is 0 Å². The van der Waals surface area contributed by atoms with Crippen LogP contribution in [-0.2, 0) is 0 Å². The molecule has 0 bridgehead atoms. The topological polar surface area (TPSA) is 71.9 Å². The Morgan fingerprint density at radius 3 is 3.00 bits per heavy atom. The van der Waals surface area contributed by atoms with E-state index in [1.54, 1.807) is 13.2 Å². The smallest absolute Gasteiger partial charge is 0.264 e. The Hall–Kier alpha value is -2.02. The highest BCUT2D eigenvalue weighted by Crippen LogP contribution is 2.35. The molecule has 0 fully saturated rings. The van der Waals surface area contributed by atoms with Crippen molar-refractivity contribution in [3.05, 3.63) is 18.1 Å². The summed E-state index contributed by atoms with van der Waals surface area (Å²) in [5.74, 6) is 1.17. The van der Waals surface area contributed by atoms with Gasteiger partial charge in [-0.1, -0.05) is 6.58 Å². The Balaban J connectivity index is 2.19. The lowest BCUT2D eigenvalue weighted by atomic mass is 10.4. The van der Waals surface area contributed by atoms with Crippen molar-refractivity contribution in [2.75, 3.05) is 25.6 Å². The van der Waals surface area contributed by atoms with E-state index < -0.39 is 0 Å². The Morgan fingerprint density at radius 2 is 2.22 bits per heavy atom. The molecular weight excluding hydrogens is 258 g/mol. The molecule has 96 valence electrons. The number of rotatable bonds is 4. The first-order valence-electron chi connectivity index (χ1n) is 5.18. The van der Waals surface area contributed by atoms with Gasteiger partial charge < -0.3 is 14.8 Å². The second-order valence-electron chi connectivity index (χ2n) is 3.32. The van der Waals surface area contributed by atoms with E-state index in [-0.39, 0.29) is 5.28 Å². The predicted molar refractivity (Wildman–Crippen MR) is 68.1 cm³/mol. The number of hydrazone groups is 1. The van der Waals surface area contributed by atoms with Crippen molar-refractivity contribution in [3.8, 4) is 11.6 Å². The Bertz CT molecular complexity index is 480. The minimum Gasteiger partial charge on any atom is -0.482 e. The molecule has 0 spiro atoms. The number of halogens is 1. The van der Waals surface area contributed by atoms with Crippen LogP contribution in [0.3, 0.4) is 0 Å². The average Bonchev–Trinajstić information content (AvgIpc) is 2.38. The quantitative estimate of drug-likeness (QED) is 0.385. The van der Waals surface area contributed by atoms with Crippen LogP contribution in [0.2, 0.25) is 5.28 Å². The summed E-state index contributed by atoms with van der Waals surface area (Å²) in [7, 11) is 1.74. The molecular formula is C10H12ClN5O2. The number of ether oxygens (including phenoxy) is 2. The first-order chi connectivity index (χ1) is 8.70. The van der Waals surface area contributed by atoms with Crippen LogP contribution in [0.15, 0.2) is 17.9 Å². The van der Waals surface area contributed by atoms with Crippen molar-refractivity contribution in [3.63, 3.8) is 0 Å². The number of anilines is 1. The fourth-order valence-corrected chi connectivity index (χ4v) is 1.40. The summed E-state index contributed by atoms with van der Waals surface area (Å²) in [4.78, 5) is 7.94. The van der Waals surface area contributed by atoms with Crippen molar-refractivity contribution < 1.29 is 9.47 Å². The van der Waals surface area contributed by atoms with Crippen LogP contribution in [0.4, 0.5) is 5.82 Å². The monoisotopic (exact) mass is 269 g/mol. The molecule has 2 heterocycles. The number of aromatic nitrogens is 2. The largest absolute Gasteiger partial charge is 0.482 e. The molecule has 0 unspecified atom stereocenters. The van der Waals surface area contributed by atoms with Gasteiger partial charge >= 0.3 is 0 Å². The van der Waals surface area contributed by atoms with E-state index in [1.807, 2.05) is 0 Å². The fourth-order valence-electron chi connectivity index (χ4n) is 1.24. The van der Waals surface area contributed by atoms with Crippen LogP contribution in [0.1, 0.15) is 0 Å².